The average molecular weight is 698 g/mol. The van der Waals surface area contributed by atoms with E-state index in [1.54, 1.807) is 24.3 Å². The van der Waals surface area contributed by atoms with Crippen LogP contribution in [0.5, 0.6) is 0 Å². The molecule has 0 radical (unpaired) electrons. The maximum atomic E-state index is 11.9. The summed E-state index contributed by atoms with van der Waals surface area (Å²) < 4.78 is 8.85. The summed E-state index contributed by atoms with van der Waals surface area (Å²) in [7, 11) is 1.39. The van der Waals surface area contributed by atoms with Gasteiger partial charge in [-0.2, -0.15) is 5.26 Å². The number of esters is 1. The quantitative estimate of drug-likeness (QED) is 0.116. The molecule has 0 saturated carbocycles. The molecule has 0 aliphatic carbocycles. The fourth-order valence-electron chi connectivity index (χ4n) is 6.34. The Morgan fingerprint density at radius 3 is 1.62 bits per heavy atom. The largest absolute Gasteiger partial charge is 0.481 e. The zero-order valence-electron chi connectivity index (χ0n) is 29.8. The number of hydrogen-bond donors (Lipinski definition) is 2. The number of carboxylic acids is 2. The van der Waals surface area contributed by atoms with Crippen molar-refractivity contribution in [1.82, 2.24) is 9.13 Å². The van der Waals surface area contributed by atoms with Crippen LogP contribution in [0.2, 0.25) is 0 Å². The number of hydrogen-bond acceptors (Lipinski definition) is 5. The van der Waals surface area contributed by atoms with Gasteiger partial charge in [-0.25, -0.2) is 9.59 Å². The molecule has 0 fully saturated rings. The maximum absolute atomic E-state index is 11.9. The number of nitrogens with zero attached hydrogens (tertiary/aromatic N) is 3. The second-order valence-electron chi connectivity index (χ2n) is 13.0. The summed E-state index contributed by atoms with van der Waals surface area (Å²) >= 11 is 0. The molecule has 9 heteroatoms. The van der Waals surface area contributed by atoms with Gasteiger partial charge in [0, 0.05) is 47.3 Å². The molecule has 266 valence electrons. The van der Waals surface area contributed by atoms with Crippen LogP contribution in [0.15, 0.2) is 97.3 Å². The van der Waals surface area contributed by atoms with Crippen molar-refractivity contribution in [2.45, 2.75) is 65.5 Å². The molecule has 0 unspecified atom stereocenters. The number of aliphatic carboxylic acids is 1. The molecule has 0 bridgehead atoms. The minimum Gasteiger partial charge on any atom is -0.481 e. The highest BCUT2D eigenvalue weighted by Crippen LogP contribution is 2.27. The van der Waals surface area contributed by atoms with Gasteiger partial charge in [-0.3, -0.25) is 4.79 Å². The first kappa shape index (κ1) is 37.1. The van der Waals surface area contributed by atoms with E-state index < -0.39 is 11.9 Å². The van der Waals surface area contributed by atoms with Crippen LogP contribution < -0.4 is 0 Å². The predicted octanol–water partition coefficient (Wildman–Crippen LogP) is 8.34. The Bertz CT molecular complexity index is 2240. The predicted molar refractivity (Wildman–Crippen MR) is 202 cm³/mol. The van der Waals surface area contributed by atoms with E-state index in [4.69, 9.17) is 15.1 Å². The molecule has 2 heterocycles. The number of ether oxygens (including phenoxy) is 1. The van der Waals surface area contributed by atoms with Crippen molar-refractivity contribution in [1.29, 1.82) is 5.26 Å². The molecule has 6 aromatic rings. The lowest BCUT2D eigenvalue weighted by atomic mass is 10.0. The van der Waals surface area contributed by atoms with E-state index in [-0.39, 0.29) is 18.0 Å². The minimum absolute atomic E-state index is 0.0296. The summed E-state index contributed by atoms with van der Waals surface area (Å²) in [5, 5.41) is 29.1. The Morgan fingerprint density at radius 1 is 0.673 bits per heavy atom. The number of rotatable bonds is 13. The molecular weight excluding hydrogens is 654 g/mol. The zero-order chi connectivity index (χ0) is 37.2. The molecule has 2 aromatic heterocycles. The van der Waals surface area contributed by atoms with Crippen LogP contribution in [0.25, 0.3) is 21.8 Å². The van der Waals surface area contributed by atoms with E-state index in [0.29, 0.717) is 25.1 Å². The summed E-state index contributed by atoms with van der Waals surface area (Å²) in [5.74, 6) is -2.15. The van der Waals surface area contributed by atoms with E-state index in [1.807, 2.05) is 29.8 Å². The van der Waals surface area contributed by atoms with Gasteiger partial charge in [0.1, 0.15) is 0 Å². The molecule has 0 saturated heterocycles. The highest BCUT2D eigenvalue weighted by molar-refractivity contribution is 5.96. The molecule has 2 N–H and O–H groups in total. The second-order valence-corrected chi connectivity index (χ2v) is 13.0. The molecule has 0 spiro atoms. The summed E-state index contributed by atoms with van der Waals surface area (Å²) in [6, 6.07) is 29.7. The molecule has 9 nitrogen and oxygen atoms in total. The van der Waals surface area contributed by atoms with Gasteiger partial charge >= 0.3 is 17.9 Å². The van der Waals surface area contributed by atoms with E-state index in [9.17, 15) is 19.5 Å². The van der Waals surface area contributed by atoms with Crippen LogP contribution in [-0.2, 0) is 48.3 Å². The fraction of sp³-hybridized carbons (Fsp3) is 0.256. The lowest BCUT2D eigenvalue weighted by Gasteiger charge is -2.04. The Morgan fingerprint density at radius 2 is 1.15 bits per heavy atom. The summed E-state index contributed by atoms with van der Waals surface area (Å²) in [6.07, 6.45) is 7.97. The third-order valence-electron chi connectivity index (χ3n) is 9.23. The fourth-order valence-corrected chi connectivity index (χ4v) is 6.34. The van der Waals surface area contributed by atoms with E-state index >= 15 is 0 Å². The Balaban J connectivity index is 0.000000201. The van der Waals surface area contributed by atoms with E-state index in [0.717, 1.165) is 53.1 Å². The number of benzene rings is 4. The second kappa shape index (κ2) is 17.2. The number of carbonyl (C=O) groups excluding carboxylic acids is 1. The number of fused-ring (bicyclic) bond motifs is 2. The number of aryl methyl sites for hydroxylation is 8. The van der Waals surface area contributed by atoms with Crippen molar-refractivity contribution in [3.63, 3.8) is 0 Å². The summed E-state index contributed by atoms with van der Waals surface area (Å²) in [4.78, 5) is 34.1. The lowest BCUT2D eigenvalue weighted by molar-refractivity contribution is -0.137. The van der Waals surface area contributed by atoms with Gasteiger partial charge in [0.05, 0.1) is 37.1 Å². The van der Waals surface area contributed by atoms with Gasteiger partial charge in [-0.15, -0.1) is 0 Å². The summed E-state index contributed by atoms with van der Waals surface area (Å²) in [6.45, 7) is 5.14. The van der Waals surface area contributed by atoms with Gasteiger partial charge in [0.15, 0.2) is 0 Å². The SMILES string of the molecule is COC(=O)c1ccc2c(c1)c(CCc1ccc(C)cc1)cn2CCC#N.Cc1ccc(CCc2cn(CCC(=O)O)c3ccc(C(=O)O)cc23)cc1. The van der Waals surface area contributed by atoms with Crippen LogP contribution in [0.1, 0.15) is 66.9 Å². The molecule has 4 aromatic carbocycles. The summed E-state index contributed by atoms with van der Waals surface area (Å²) in [5.41, 5.74) is 9.91. The van der Waals surface area contributed by atoms with E-state index in [1.165, 1.54) is 34.9 Å². The van der Waals surface area contributed by atoms with Crippen molar-refractivity contribution >= 4 is 39.7 Å². The number of aromatic carboxylic acids is 1. The highest BCUT2D eigenvalue weighted by Gasteiger charge is 2.15. The Labute approximate surface area is 303 Å². The zero-order valence-corrected chi connectivity index (χ0v) is 29.8. The van der Waals surface area contributed by atoms with Crippen LogP contribution in [0.3, 0.4) is 0 Å². The van der Waals surface area contributed by atoms with Crippen molar-refractivity contribution < 1.29 is 29.3 Å². The van der Waals surface area contributed by atoms with Gasteiger partial charge in [0.25, 0.3) is 0 Å². The number of carbonyl (C=O) groups is 3. The molecule has 0 aliphatic rings. The molecule has 6 rings (SSSR count). The standard InChI is InChI=1S/C22H22N2O2.C21H21NO4/c1-16-4-6-17(7-5-16)8-9-19-15-24(13-3-12-23)21-11-10-18(14-20(19)21)22(25)26-2;1-14-2-4-15(5-3-14)6-7-17-13-22(11-10-20(23)24)19-9-8-16(21(25)26)12-18(17)19/h4-7,10-11,14-15H,3,8-9,13H2,1-2H3;2-5,8-9,12-13H,6-7,10-11H2,1H3,(H,23,24)(H,25,26). The van der Waals surface area contributed by atoms with Gasteiger partial charge in [0.2, 0.25) is 0 Å². The number of nitriles is 1. The molecule has 52 heavy (non-hydrogen) atoms. The van der Waals surface area contributed by atoms with Gasteiger partial charge in [-0.05, 0) is 98.2 Å². The average Bonchev–Trinajstić information content (AvgIpc) is 3.69. The topological polar surface area (TPSA) is 135 Å². The van der Waals surface area contributed by atoms with Crippen LogP contribution >= 0.6 is 0 Å². The van der Waals surface area contributed by atoms with Crippen LogP contribution in [-0.4, -0.2) is 44.4 Å². The Hall–Kier alpha value is -6.14. The lowest BCUT2D eigenvalue weighted by Crippen LogP contribution is -2.03. The minimum atomic E-state index is -0.963. The first-order valence-electron chi connectivity index (χ1n) is 17.3. The number of methoxy groups -OCH3 is 1. The molecular formula is C43H43N3O6. The van der Waals surface area contributed by atoms with Crippen molar-refractivity contribution in [3.8, 4) is 6.07 Å². The smallest absolute Gasteiger partial charge is 0.337 e. The number of carboxylic acid groups (broad SMARTS) is 2. The normalized spacial score (nSPS) is 10.8. The number of aromatic nitrogens is 2. The van der Waals surface area contributed by atoms with Gasteiger partial charge < -0.3 is 24.1 Å². The van der Waals surface area contributed by atoms with Crippen molar-refractivity contribution in [2.24, 2.45) is 0 Å². The first-order chi connectivity index (χ1) is 25.1. The molecule has 0 atom stereocenters. The Kier molecular flexibility index (Phi) is 12.3. The van der Waals surface area contributed by atoms with Crippen molar-refractivity contribution in [2.75, 3.05) is 7.11 Å². The molecule has 0 amide bonds. The maximum Gasteiger partial charge on any atom is 0.337 e. The van der Waals surface area contributed by atoms with E-state index in [2.05, 4.69) is 72.3 Å². The van der Waals surface area contributed by atoms with Crippen LogP contribution in [0, 0.1) is 25.2 Å². The third kappa shape index (κ3) is 9.34. The highest BCUT2D eigenvalue weighted by atomic mass is 16.5. The van der Waals surface area contributed by atoms with Crippen LogP contribution in [0.4, 0.5) is 0 Å². The molecule has 0 aliphatic heterocycles. The van der Waals surface area contributed by atoms with Gasteiger partial charge in [-0.1, -0.05) is 59.7 Å². The first-order valence-corrected chi connectivity index (χ1v) is 17.3. The third-order valence-corrected chi connectivity index (χ3v) is 9.23. The van der Waals surface area contributed by atoms with Crippen molar-refractivity contribution in [3.05, 3.63) is 142 Å². The monoisotopic (exact) mass is 697 g/mol.